The van der Waals surface area contributed by atoms with E-state index >= 15 is 0 Å². The van der Waals surface area contributed by atoms with E-state index in [4.69, 9.17) is 0 Å². The number of nitrogens with zero attached hydrogens (tertiary/aromatic N) is 4. The Labute approximate surface area is 131 Å². The van der Waals surface area contributed by atoms with E-state index in [1.807, 2.05) is 20.8 Å². The summed E-state index contributed by atoms with van der Waals surface area (Å²) in [4.78, 5) is 22.0. The van der Waals surface area contributed by atoms with Crippen LogP contribution in [-0.4, -0.2) is 51.5 Å². The average Bonchev–Trinajstić information content (AvgIpc) is 2.61. The van der Waals surface area contributed by atoms with Crippen molar-refractivity contribution in [3.63, 3.8) is 0 Å². The number of rotatable bonds is 2. The molecule has 2 heterocycles. The van der Waals surface area contributed by atoms with Crippen molar-refractivity contribution in [3.8, 4) is 0 Å². The molecule has 9 heteroatoms. The summed E-state index contributed by atoms with van der Waals surface area (Å²) in [5.41, 5.74) is 0.285. The molecular weight excluding hydrogens is 313 g/mol. The highest BCUT2D eigenvalue weighted by molar-refractivity contribution is 5.94. The summed E-state index contributed by atoms with van der Waals surface area (Å²) >= 11 is 0. The molecule has 1 saturated heterocycles. The predicted octanol–water partition coefficient (Wildman–Crippen LogP) is 2.29. The van der Waals surface area contributed by atoms with Gasteiger partial charge < -0.3 is 10.0 Å². The van der Waals surface area contributed by atoms with E-state index in [1.54, 1.807) is 0 Å². The molecule has 128 valence electrons. The first kappa shape index (κ1) is 17.5. The van der Waals surface area contributed by atoms with Gasteiger partial charge in [-0.05, 0) is 0 Å². The summed E-state index contributed by atoms with van der Waals surface area (Å²) in [5, 5.41) is 10.2. The van der Waals surface area contributed by atoms with Crippen LogP contribution >= 0.6 is 0 Å². The number of amides is 2. The molecule has 1 aromatic rings. The van der Waals surface area contributed by atoms with Crippen LogP contribution in [0.5, 0.6) is 0 Å². The minimum absolute atomic E-state index is 0.0824. The Bertz CT molecular complexity index is 600. The van der Waals surface area contributed by atoms with Gasteiger partial charge in [-0.2, -0.15) is 13.2 Å². The molecule has 1 fully saturated rings. The molecular formula is C14H19F3N4O2. The third kappa shape index (κ3) is 3.54. The second-order valence-electron chi connectivity index (χ2n) is 6.58. The quantitative estimate of drug-likeness (QED) is 0.902. The lowest BCUT2D eigenvalue weighted by Gasteiger charge is -2.23. The molecule has 0 saturated carbocycles. The van der Waals surface area contributed by atoms with Crippen LogP contribution in [0, 0.1) is 0 Å². The number of aliphatic hydroxyl groups excluding tert-OH is 1. The summed E-state index contributed by atoms with van der Waals surface area (Å²) in [6.07, 6.45) is -6.17. The van der Waals surface area contributed by atoms with Gasteiger partial charge in [-0.15, -0.1) is 0 Å². The average molecular weight is 332 g/mol. The fraction of sp³-hybridized carbons (Fsp3) is 0.643. The highest BCUT2D eigenvalue weighted by Gasteiger charge is 2.49. The van der Waals surface area contributed by atoms with Gasteiger partial charge in [0.2, 0.25) is 0 Å². The number of urea groups is 1. The Morgan fingerprint density at radius 1 is 1.26 bits per heavy atom. The number of aromatic nitrogens is 2. The summed E-state index contributed by atoms with van der Waals surface area (Å²) in [6.45, 7) is 5.71. The summed E-state index contributed by atoms with van der Waals surface area (Å²) in [6, 6.07) is -0.605. The SMILES string of the molecule is CN1C(=O)N(c2cc(C(C)(C)C)ncn2)C(O)C1CC(F)(F)F. The topological polar surface area (TPSA) is 69.6 Å². The van der Waals surface area contributed by atoms with Crippen LogP contribution in [0.25, 0.3) is 0 Å². The van der Waals surface area contributed by atoms with Gasteiger partial charge in [0, 0.05) is 18.5 Å². The normalized spacial score (nSPS) is 22.9. The van der Waals surface area contributed by atoms with Crippen molar-refractivity contribution in [2.45, 2.75) is 51.1 Å². The smallest absolute Gasteiger partial charge is 0.371 e. The first-order chi connectivity index (χ1) is 10.4. The standard InChI is InChI=1S/C14H19F3N4O2/c1-13(2,3)9-5-10(19-7-18-9)21-11(22)8(6-14(15,16)17)20(4)12(21)23/h5,7-8,11,22H,6H2,1-4H3. The minimum atomic E-state index is -4.49. The molecule has 0 aromatic carbocycles. The maximum atomic E-state index is 12.6. The van der Waals surface area contributed by atoms with Crippen LogP contribution in [-0.2, 0) is 5.41 Å². The third-order valence-electron chi connectivity index (χ3n) is 3.72. The van der Waals surface area contributed by atoms with Crippen molar-refractivity contribution in [3.05, 3.63) is 18.1 Å². The molecule has 23 heavy (non-hydrogen) atoms. The number of anilines is 1. The Hall–Kier alpha value is -1.90. The molecule has 2 rings (SSSR count). The van der Waals surface area contributed by atoms with Crippen molar-refractivity contribution < 1.29 is 23.1 Å². The highest BCUT2D eigenvalue weighted by atomic mass is 19.4. The van der Waals surface area contributed by atoms with E-state index in [9.17, 15) is 23.1 Å². The van der Waals surface area contributed by atoms with E-state index in [-0.39, 0.29) is 11.2 Å². The number of likely N-dealkylation sites (N-methyl/N-ethyl adjacent to an activating group) is 1. The number of carbonyl (C=O) groups excluding carboxylic acids is 1. The van der Waals surface area contributed by atoms with Crippen molar-refractivity contribution in [2.75, 3.05) is 11.9 Å². The van der Waals surface area contributed by atoms with E-state index in [0.29, 0.717) is 5.69 Å². The summed E-state index contributed by atoms with van der Waals surface area (Å²) in [7, 11) is 1.23. The molecule has 0 bridgehead atoms. The minimum Gasteiger partial charge on any atom is -0.371 e. The van der Waals surface area contributed by atoms with Gasteiger partial charge in [0.25, 0.3) is 0 Å². The van der Waals surface area contributed by atoms with E-state index < -0.39 is 30.9 Å². The van der Waals surface area contributed by atoms with Gasteiger partial charge in [0.05, 0.1) is 18.2 Å². The lowest BCUT2D eigenvalue weighted by Crippen LogP contribution is -2.39. The Morgan fingerprint density at radius 2 is 1.87 bits per heavy atom. The zero-order chi connectivity index (χ0) is 17.6. The number of carbonyl (C=O) groups is 1. The van der Waals surface area contributed by atoms with E-state index in [2.05, 4.69) is 9.97 Å². The van der Waals surface area contributed by atoms with Crippen molar-refractivity contribution >= 4 is 11.8 Å². The molecule has 1 N–H and O–H groups in total. The third-order valence-corrected chi connectivity index (χ3v) is 3.72. The fourth-order valence-electron chi connectivity index (χ4n) is 2.40. The van der Waals surface area contributed by atoms with E-state index in [1.165, 1.54) is 19.4 Å². The van der Waals surface area contributed by atoms with Crippen LogP contribution in [0.2, 0.25) is 0 Å². The first-order valence-electron chi connectivity index (χ1n) is 7.05. The molecule has 0 spiro atoms. The Balaban J connectivity index is 2.35. The van der Waals surface area contributed by atoms with Crippen LogP contribution in [0.3, 0.4) is 0 Å². The molecule has 2 unspecified atom stereocenters. The van der Waals surface area contributed by atoms with Gasteiger partial charge in [-0.1, -0.05) is 20.8 Å². The van der Waals surface area contributed by atoms with Crippen LogP contribution in [0.4, 0.5) is 23.8 Å². The number of hydrogen-bond donors (Lipinski definition) is 1. The van der Waals surface area contributed by atoms with Gasteiger partial charge in [-0.3, -0.25) is 0 Å². The summed E-state index contributed by atoms with van der Waals surface area (Å²) < 4.78 is 37.9. The number of alkyl halides is 3. The van der Waals surface area contributed by atoms with Crippen molar-refractivity contribution in [1.82, 2.24) is 14.9 Å². The zero-order valence-corrected chi connectivity index (χ0v) is 13.3. The highest BCUT2D eigenvalue weighted by Crippen LogP contribution is 2.33. The number of hydrogen-bond acceptors (Lipinski definition) is 4. The van der Waals surface area contributed by atoms with Gasteiger partial charge in [-0.25, -0.2) is 19.7 Å². The Morgan fingerprint density at radius 3 is 2.39 bits per heavy atom. The fourth-order valence-corrected chi connectivity index (χ4v) is 2.40. The molecule has 2 atom stereocenters. The molecule has 1 aliphatic rings. The largest absolute Gasteiger partial charge is 0.391 e. The second-order valence-corrected chi connectivity index (χ2v) is 6.58. The molecule has 1 aliphatic heterocycles. The molecule has 6 nitrogen and oxygen atoms in total. The molecule has 2 amide bonds. The second kappa shape index (κ2) is 5.63. The number of halogens is 3. The predicted molar refractivity (Wildman–Crippen MR) is 76.8 cm³/mol. The maximum Gasteiger partial charge on any atom is 0.391 e. The summed E-state index contributed by atoms with van der Waals surface area (Å²) in [5.74, 6) is 0.0824. The molecule has 0 aliphatic carbocycles. The van der Waals surface area contributed by atoms with Crippen molar-refractivity contribution in [2.24, 2.45) is 0 Å². The molecule has 1 aromatic heterocycles. The van der Waals surface area contributed by atoms with Gasteiger partial charge in [0.15, 0.2) is 6.23 Å². The van der Waals surface area contributed by atoms with Gasteiger partial charge in [0.1, 0.15) is 12.1 Å². The molecule has 0 radical (unpaired) electrons. The first-order valence-corrected chi connectivity index (χ1v) is 7.05. The monoisotopic (exact) mass is 332 g/mol. The van der Waals surface area contributed by atoms with Crippen LogP contribution < -0.4 is 4.90 Å². The van der Waals surface area contributed by atoms with Crippen LogP contribution in [0.15, 0.2) is 12.4 Å². The Kier molecular flexibility index (Phi) is 4.27. The van der Waals surface area contributed by atoms with Crippen LogP contribution in [0.1, 0.15) is 32.9 Å². The van der Waals surface area contributed by atoms with E-state index in [0.717, 1.165) is 9.80 Å². The number of aliphatic hydroxyl groups is 1. The lowest BCUT2D eigenvalue weighted by atomic mass is 9.92. The van der Waals surface area contributed by atoms with Gasteiger partial charge >= 0.3 is 12.2 Å². The van der Waals surface area contributed by atoms with Crippen molar-refractivity contribution in [1.29, 1.82) is 0 Å². The zero-order valence-electron chi connectivity index (χ0n) is 13.3. The lowest BCUT2D eigenvalue weighted by molar-refractivity contribution is -0.149. The maximum absolute atomic E-state index is 12.6.